The van der Waals surface area contributed by atoms with E-state index in [2.05, 4.69) is 12.1 Å². The van der Waals surface area contributed by atoms with Crippen molar-refractivity contribution in [1.82, 2.24) is 0 Å². The Morgan fingerprint density at radius 1 is 1.24 bits per heavy atom. The van der Waals surface area contributed by atoms with Gasteiger partial charge in [-0.05, 0) is 42.9 Å². The Morgan fingerprint density at radius 2 is 2.00 bits per heavy atom. The predicted octanol–water partition coefficient (Wildman–Crippen LogP) is 2.80. The van der Waals surface area contributed by atoms with E-state index in [-0.39, 0.29) is 6.10 Å². The van der Waals surface area contributed by atoms with E-state index in [1.54, 1.807) is 0 Å². The maximum absolute atomic E-state index is 10.4. The minimum atomic E-state index is -0.284. The Morgan fingerprint density at radius 3 is 2.71 bits per heavy atom. The second-order valence-corrected chi connectivity index (χ2v) is 5.13. The lowest BCUT2D eigenvalue weighted by molar-refractivity contribution is 0.0848. The van der Waals surface area contributed by atoms with Crippen LogP contribution in [0.25, 0.3) is 0 Å². The summed E-state index contributed by atoms with van der Waals surface area (Å²) in [5.41, 5.74) is 7.88. The van der Waals surface area contributed by atoms with Crippen LogP contribution in [-0.4, -0.2) is 11.7 Å². The third-order valence-corrected chi connectivity index (χ3v) is 3.82. The van der Waals surface area contributed by atoms with Crippen molar-refractivity contribution in [2.45, 2.75) is 44.6 Å². The van der Waals surface area contributed by atoms with Crippen molar-refractivity contribution >= 4 is 0 Å². The molecule has 0 saturated heterocycles. The lowest BCUT2D eigenvalue weighted by atomic mass is 9.82. The molecule has 1 saturated carbocycles. The van der Waals surface area contributed by atoms with Crippen LogP contribution in [-0.2, 0) is 6.42 Å². The van der Waals surface area contributed by atoms with E-state index in [1.807, 2.05) is 12.1 Å². The Balaban J connectivity index is 2.06. The standard InChI is InChI=1S/C15H23NO/c16-10-9-12-5-4-8-14(11-12)15(17)13-6-2-1-3-7-13/h4-5,8,11,13,15,17H,1-3,6-7,9-10,16H2. The molecule has 94 valence electrons. The van der Waals surface area contributed by atoms with Crippen LogP contribution in [0.4, 0.5) is 0 Å². The Hall–Kier alpha value is -0.860. The van der Waals surface area contributed by atoms with Gasteiger partial charge in [0.2, 0.25) is 0 Å². The van der Waals surface area contributed by atoms with Crippen LogP contribution in [0.1, 0.15) is 49.3 Å². The zero-order valence-electron chi connectivity index (χ0n) is 10.4. The average molecular weight is 233 g/mol. The highest BCUT2D eigenvalue weighted by Crippen LogP contribution is 2.34. The van der Waals surface area contributed by atoms with Crippen LogP contribution in [0, 0.1) is 5.92 Å². The molecule has 17 heavy (non-hydrogen) atoms. The molecule has 2 nitrogen and oxygen atoms in total. The molecule has 0 heterocycles. The number of hydrogen-bond donors (Lipinski definition) is 2. The summed E-state index contributed by atoms with van der Waals surface area (Å²) in [6.07, 6.45) is 6.81. The second-order valence-electron chi connectivity index (χ2n) is 5.13. The van der Waals surface area contributed by atoms with E-state index in [1.165, 1.54) is 37.7 Å². The molecule has 2 heteroatoms. The summed E-state index contributed by atoms with van der Waals surface area (Å²) in [4.78, 5) is 0. The molecule has 0 bridgehead atoms. The smallest absolute Gasteiger partial charge is 0.0818 e. The van der Waals surface area contributed by atoms with Crippen molar-refractivity contribution in [3.8, 4) is 0 Å². The monoisotopic (exact) mass is 233 g/mol. The molecule has 1 aliphatic carbocycles. The fourth-order valence-corrected chi connectivity index (χ4v) is 2.82. The largest absolute Gasteiger partial charge is 0.388 e. The maximum atomic E-state index is 10.4. The number of aliphatic hydroxyl groups excluding tert-OH is 1. The summed E-state index contributed by atoms with van der Waals surface area (Å²) in [5.74, 6) is 0.455. The van der Waals surface area contributed by atoms with Crippen molar-refractivity contribution in [3.63, 3.8) is 0 Å². The van der Waals surface area contributed by atoms with Gasteiger partial charge in [-0.3, -0.25) is 0 Å². The van der Waals surface area contributed by atoms with Crippen LogP contribution in [0.2, 0.25) is 0 Å². The highest BCUT2D eigenvalue weighted by atomic mass is 16.3. The Bertz CT molecular complexity index is 345. The van der Waals surface area contributed by atoms with Gasteiger partial charge in [-0.1, -0.05) is 43.5 Å². The molecule has 1 atom stereocenters. The summed E-state index contributed by atoms with van der Waals surface area (Å²) in [6.45, 7) is 0.670. The molecular weight excluding hydrogens is 210 g/mol. The summed E-state index contributed by atoms with van der Waals surface area (Å²) in [6, 6.07) is 8.28. The van der Waals surface area contributed by atoms with Crippen molar-refractivity contribution < 1.29 is 5.11 Å². The molecule has 0 aliphatic heterocycles. The highest BCUT2D eigenvalue weighted by molar-refractivity contribution is 5.26. The predicted molar refractivity (Wildman–Crippen MR) is 70.7 cm³/mol. The molecular formula is C15H23NO. The SMILES string of the molecule is NCCc1cccc(C(O)C2CCCCC2)c1. The van der Waals surface area contributed by atoms with Crippen molar-refractivity contribution in [1.29, 1.82) is 0 Å². The van der Waals surface area contributed by atoms with Crippen LogP contribution in [0.3, 0.4) is 0 Å². The third kappa shape index (κ3) is 3.30. The van der Waals surface area contributed by atoms with Crippen LogP contribution < -0.4 is 5.73 Å². The lowest BCUT2D eigenvalue weighted by Crippen LogP contribution is -2.16. The van der Waals surface area contributed by atoms with Gasteiger partial charge in [0.25, 0.3) is 0 Å². The van der Waals surface area contributed by atoms with Crippen LogP contribution >= 0.6 is 0 Å². The molecule has 3 N–H and O–H groups in total. The Kier molecular flexibility index (Phi) is 4.57. The molecule has 0 aromatic heterocycles. The zero-order valence-corrected chi connectivity index (χ0v) is 10.4. The zero-order chi connectivity index (χ0) is 12.1. The lowest BCUT2D eigenvalue weighted by Gasteiger charge is -2.27. The molecule has 1 fully saturated rings. The number of rotatable bonds is 4. The minimum Gasteiger partial charge on any atom is -0.388 e. The molecule has 0 spiro atoms. The van der Waals surface area contributed by atoms with E-state index in [0.29, 0.717) is 12.5 Å². The van der Waals surface area contributed by atoms with E-state index < -0.39 is 0 Å². The van der Waals surface area contributed by atoms with Gasteiger partial charge in [-0.25, -0.2) is 0 Å². The van der Waals surface area contributed by atoms with Gasteiger partial charge in [-0.15, -0.1) is 0 Å². The van der Waals surface area contributed by atoms with Crippen molar-refractivity contribution in [2.75, 3.05) is 6.54 Å². The second kappa shape index (κ2) is 6.18. The first-order valence-electron chi connectivity index (χ1n) is 6.78. The van der Waals surface area contributed by atoms with E-state index in [4.69, 9.17) is 5.73 Å². The number of benzene rings is 1. The fraction of sp³-hybridized carbons (Fsp3) is 0.600. The number of hydrogen-bond acceptors (Lipinski definition) is 2. The quantitative estimate of drug-likeness (QED) is 0.840. The van der Waals surface area contributed by atoms with Crippen molar-refractivity contribution in [2.24, 2.45) is 11.7 Å². The minimum absolute atomic E-state index is 0.284. The van der Waals surface area contributed by atoms with E-state index >= 15 is 0 Å². The van der Waals surface area contributed by atoms with Gasteiger partial charge >= 0.3 is 0 Å². The fourth-order valence-electron chi connectivity index (χ4n) is 2.82. The first-order chi connectivity index (χ1) is 8.31. The van der Waals surface area contributed by atoms with Crippen LogP contribution in [0.5, 0.6) is 0 Å². The third-order valence-electron chi connectivity index (χ3n) is 3.82. The Labute approximate surface area is 104 Å². The van der Waals surface area contributed by atoms with Gasteiger partial charge in [-0.2, -0.15) is 0 Å². The molecule has 0 amide bonds. The average Bonchev–Trinajstić information content (AvgIpc) is 2.40. The molecule has 1 aromatic carbocycles. The summed E-state index contributed by atoms with van der Waals surface area (Å²) >= 11 is 0. The molecule has 2 rings (SSSR count). The first-order valence-corrected chi connectivity index (χ1v) is 6.78. The van der Waals surface area contributed by atoms with Gasteiger partial charge in [0.1, 0.15) is 0 Å². The molecule has 1 unspecified atom stereocenters. The van der Waals surface area contributed by atoms with E-state index in [9.17, 15) is 5.11 Å². The van der Waals surface area contributed by atoms with Gasteiger partial charge in [0.15, 0.2) is 0 Å². The van der Waals surface area contributed by atoms with Crippen molar-refractivity contribution in [3.05, 3.63) is 35.4 Å². The first kappa shape index (κ1) is 12.6. The van der Waals surface area contributed by atoms with E-state index in [0.717, 1.165) is 12.0 Å². The normalized spacial score (nSPS) is 19.2. The molecule has 1 aromatic rings. The molecule has 0 radical (unpaired) electrons. The summed E-state index contributed by atoms with van der Waals surface area (Å²) < 4.78 is 0. The maximum Gasteiger partial charge on any atom is 0.0818 e. The van der Waals surface area contributed by atoms with Gasteiger partial charge in [0.05, 0.1) is 6.10 Å². The number of aliphatic hydroxyl groups is 1. The highest BCUT2D eigenvalue weighted by Gasteiger charge is 2.22. The topological polar surface area (TPSA) is 46.2 Å². The molecule has 1 aliphatic rings. The van der Waals surface area contributed by atoms with Crippen LogP contribution in [0.15, 0.2) is 24.3 Å². The van der Waals surface area contributed by atoms with Gasteiger partial charge in [0, 0.05) is 0 Å². The summed E-state index contributed by atoms with van der Waals surface area (Å²) in [5, 5.41) is 10.4. The summed E-state index contributed by atoms with van der Waals surface area (Å²) in [7, 11) is 0. The number of nitrogens with two attached hydrogens (primary N) is 1. The van der Waals surface area contributed by atoms with Gasteiger partial charge < -0.3 is 10.8 Å².